The zero-order chi connectivity index (χ0) is 35.0. The zero-order valence-electron chi connectivity index (χ0n) is 28.5. The highest BCUT2D eigenvalue weighted by molar-refractivity contribution is 5.99. The monoisotopic (exact) mass is 699 g/mol. The van der Waals surface area contributed by atoms with Crippen LogP contribution < -0.4 is 17.2 Å². The average Bonchev–Trinajstić information content (AvgIpc) is 3.69. The number of amides is 1. The molecule has 274 valence electrons. The van der Waals surface area contributed by atoms with Crippen LogP contribution in [0.25, 0.3) is 33.4 Å². The number of carbonyl (C=O) groups excluding carboxylic acids is 1. The molecule has 6 N–H and O–H groups in total. The van der Waals surface area contributed by atoms with Gasteiger partial charge in [0.1, 0.15) is 23.4 Å². The molecule has 1 amide bonds. The fourth-order valence-electron chi connectivity index (χ4n) is 5.66. The number of nitrogens with zero attached hydrogens (tertiary/aromatic N) is 6. The Morgan fingerprint density at radius 2 is 1.42 bits per heavy atom. The first-order chi connectivity index (χ1) is 24.5. The van der Waals surface area contributed by atoms with Crippen molar-refractivity contribution in [2.45, 2.75) is 25.8 Å². The number of likely N-dealkylation sites (tertiary alicyclic amines) is 1. The average molecular weight is 700 g/mol. The molecule has 0 unspecified atom stereocenters. The molecule has 0 saturated carbocycles. The molecule has 0 spiro atoms. The molecule has 1 aromatic carbocycles. The second-order valence-corrected chi connectivity index (χ2v) is 11.8. The Kier molecular flexibility index (Phi) is 14.9. The van der Waals surface area contributed by atoms with E-state index in [1.807, 2.05) is 27.8 Å². The van der Waals surface area contributed by atoms with E-state index in [4.69, 9.17) is 55.1 Å². The number of aromatic nitrogens is 5. The molecule has 17 nitrogen and oxygen atoms in total. The Labute approximate surface area is 290 Å². The van der Waals surface area contributed by atoms with Crippen LogP contribution in [-0.2, 0) is 39.8 Å². The lowest BCUT2D eigenvalue weighted by molar-refractivity contribution is -0.134. The molecular formula is C33H49N9O8. The summed E-state index contributed by atoms with van der Waals surface area (Å²) in [4.78, 5) is 27.7. The third-order valence-electron chi connectivity index (χ3n) is 8.22. The zero-order valence-corrected chi connectivity index (χ0v) is 28.5. The molecule has 1 saturated heterocycles. The maximum Gasteiger partial charge on any atom is 0.292 e. The minimum Gasteiger partial charge on any atom is -0.424 e. The van der Waals surface area contributed by atoms with E-state index in [9.17, 15) is 4.79 Å². The lowest BCUT2D eigenvalue weighted by Crippen LogP contribution is -2.39. The fraction of sp³-hybridized carbons (Fsp3) is 0.606. The van der Waals surface area contributed by atoms with Gasteiger partial charge in [0.2, 0.25) is 5.91 Å². The molecule has 4 heterocycles. The molecule has 4 aromatic rings. The summed E-state index contributed by atoms with van der Waals surface area (Å²) in [5.74, 6) is 0.779. The van der Waals surface area contributed by atoms with Crippen LogP contribution >= 0.6 is 0 Å². The summed E-state index contributed by atoms with van der Waals surface area (Å²) < 4.78 is 40.0. The van der Waals surface area contributed by atoms with Gasteiger partial charge in [0.15, 0.2) is 11.2 Å². The van der Waals surface area contributed by atoms with Gasteiger partial charge in [0, 0.05) is 31.7 Å². The largest absolute Gasteiger partial charge is 0.424 e. The number of piperidine rings is 1. The van der Waals surface area contributed by atoms with E-state index < -0.39 is 0 Å². The number of carbonyl (C=O) groups is 1. The normalized spacial score (nSPS) is 14.0. The van der Waals surface area contributed by atoms with Gasteiger partial charge in [-0.3, -0.25) is 4.79 Å². The Hall–Kier alpha value is -3.97. The maximum absolute atomic E-state index is 12.8. The third-order valence-corrected chi connectivity index (χ3v) is 8.22. The number of benzene rings is 1. The van der Waals surface area contributed by atoms with Crippen LogP contribution in [0.15, 0.2) is 28.9 Å². The highest BCUT2D eigenvalue weighted by Crippen LogP contribution is 2.33. The van der Waals surface area contributed by atoms with Gasteiger partial charge in [-0.15, -0.1) is 0 Å². The lowest BCUT2D eigenvalue weighted by Gasteiger charge is -2.32. The molecule has 0 bridgehead atoms. The van der Waals surface area contributed by atoms with Crippen LogP contribution in [0, 0.1) is 5.92 Å². The van der Waals surface area contributed by atoms with Gasteiger partial charge in [-0.1, -0.05) is 0 Å². The van der Waals surface area contributed by atoms with Crippen molar-refractivity contribution in [2.75, 3.05) is 110 Å². The van der Waals surface area contributed by atoms with E-state index in [1.54, 1.807) is 0 Å². The smallest absolute Gasteiger partial charge is 0.292 e. The first kappa shape index (κ1) is 37.3. The molecule has 1 aliphatic heterocycles. The SMILES string of the molecule is NCCOCCOCCOCCOCCOCCOCCC(=O)N1CCC(Cn2nc(-c3ccc4oc(N)nc4c3)c3c(N)ncnc32)CC1. The number of oxazole rings is 1. The number of hydrogen-bond donors (Lipinski definition) is 3. The molecule has 5 rings (SSSR count). The summed E-state index contributed by atoms with van der Waals surface area (Å²) in [7, 11) is 0. The summed E-state index contributed by atoms with van der Waals surface area (Å²) in [5, 5.41) is 5.60. The number of nitrogen functional groups attached to an aromatic ring is 2. The van der Waals surface area contributed by atoms with Gasteiger partial charge in [0.05, 0.1) is 91.1 Å². The van der Waals surface area contributed by atoms with Crippen LogP contribution in [0.4, 0.5) is 11.8 Å². The first-order valence-corrected chi connectivity index (χ1v) is 17.1. The summed E-state index contributed by atoms with van der Waals surface area (Å²) in [6, 6.07) is 5.68. The summed E-state index contributed by atoms with van der Waals surface area (Å²) in [6.07, 6.45) is 3.51. The van der Waals surface area contributed by atoms with Crippen molar-refractivity contribution < 1.29 is 37.6 Å². The van der Waals surface area contributed by atoms with Gasteiger partial charge in [-0.2, -0.15) is 10.1 Å². The molecule has 0 atom stereocenters. The van der Waals surface area contributed by atoms with E-state index in [0.29, 0.717) is 151 Å². The number of nitrogens with two attached hydrogens (primary N) is 3. The van der Waals surface area contributed by atoms with Crippen molar-refractivity contribution >= 4 is 39.9 Å². The lowest BCUT2D eigenvalue weighted by atomic mass is 9.96. The van der Waals surface area contributed by atoms with Crippen molar-refractivity contribution in [3.05, 3.63) is 24.5 Å². The molecule has 0 radical (unpaired) electrons. The Morgan fingerprint density at radius 3 is 2.04 bits per heavy atom. The van der Waals surface area contributed by atoms with Crippen LogP contribution in [0.1, 0.15) is 19.3 Å². The minimum atomic E-state index is 0.0966. The fourth-order valence-corrected chi connectivity index (χ4v) is 5.66. The van der Waals surface area contributed by atoms with E-state index in [0.717, 1.165) is 18.4 Å². The van der Waals surface area contributed by atoms with Crippen LogP contribution in [0.5, 0.6) is 0 Å². The maximum atomic E-state index is 12.8. The Bertz CT molecular complexity index is 1610. The van der Waals surface area contributed by atoms with E-state index in [1.165, 1.54) is 6.33 Å². The Morgan fingerprint density at radius 1 is 0.820 bits per heavy atom. The van der Waals surface area contributed by atoms with E-state index >= 15 is 0 Å². The second-order valence-electron chi connectivity index (χ2n) is 11.8. The van der Waals surface area contributed by atoms with Crippen molar-refractivity contribution in [3.8, 4) is 11.3 Å². The van der Waals surface area contributed by atoms with Gasteiger partial charge >= 0.3 is 0 Å². The second kappa shape index (κ2) is 20.0. The van der Waals surface area contributed by atoms with Gasteiger partial charge in [-0.05, 0) is 37.0 Å². The summed E-state index contributed by atoms with van der Waals surface area (Å²) in [5.41, 5.74) is 20.8. The number of ether oxygens (including phenoxy) is 6. The number of fused-ring (bicyclic) bond motifs is 2. The highest BCUT2D eigenvalue weighted by Gasteiger charge is 2.25. The summed E-state index contributed by atoms with van der Waals surface area (Å²) >= 11 is 0. The first-order valence-electron chi connectivity index (χ1n) is 17.1. The van der Waals surface area contributed by atoms with Gasteiger partial charge in [0.25, 0.3) is 6.01 Å². The predicted octanol–water partition coefficient (Wildman–Crippen LogP) is 1.49. The molecule has 0 aliphatic carbocycles. The quantitative estimate of drug-likeness (QED) is 0.0933. The van der Waals surface area contributed by atoms with Gasteiger partial charge in [-0.25, -0.2) is 14.6 Å². The number of hydrogen-bond acceptors (Lipinski definition) is 15. The minimum absolute atomic E-state index is 0.0966. The predicted molar refractivity (Wildman–Crippen MR) is 185 cm³/mol. The van der Waals surface area contributed by atoms with Crippen molar-refractivity contribution in [2.24, 2.45) is 11.7 Å². The van der Waals surface area contributed by atoms with Crippen LogP contribution in [0.2, 0.25) is 0 Å². The van der Waals surface area contributed by atoms with Crippen molar-refractivity contribution in [1.29, 1.82) is 0 Å². The standard InChI is InChI=1S/C33H49N9O8/c34-6-10-45-12-14-47-16-18-49-20-19-48-17-15-46-13-11-44-9-5-28(43)41-7-3-24(4-8-41)22-42-32-29(31(35)37-23-38-32)30(40-42)25-1-2-27-26(21-25)39-33(36)50-27/h1-2,21,23-24H,3-20,22,34H2,(H2,36,39)(H2,35,37,38). The highest BCUT2D eigenvalue weighted by atomic mass is 16.6. The summed E-state index contributed by atoms with van der Waals surface area (Å²) in [6.45, 7) is 8.31. The molecular weight excluding hydrogens is 650 g/mol. The molecule has 17 heteroatoms. The molecule has 1 fully saturated rings. The van der Waals surface area contributed by atoms with Crippen molar-refractivity contribution in [1.82, 2.24) is 29.6 Å². The number of rotatable bonds is 23. The van der Waals surface area contributed by atoms with Crippen molar-refractivity contribution in [3.63, 3.8) is 0 Å². The molecule has 50 heavy (non-hydrogen) atoms. The third kappa shape index (κ3) is 11.0. The van der Waals surface area contributed by atoms with Crippen LogP contribution in [-0.4, -0.2) is 134 Å². The number of anilines is 2. The van der Waals surface area contributed by atoms with Crippen LogP contribution in [0.3, 0.4) is 0 Å². The topological polar surface area (TPSA) is 223 Å². The van der Waals surface area contributed by atoms with E-state index in [-0.39, 0.29) is 11.9 Å². The van der Waals surface area contributed by atoms with E-state index in [2.05, 4.69) is 15.0 Å². The Balaban J connectivity index is 0.920. The molecule has 3 aromatic heterocycles. The molecule has 1 aliphatic rings. The van der Waals surface area contributed by atoms with Gasteiger partial charge < -0.3 is 54.9 Å².